The van der Waals surface area contributed by atoms with Crippen LogP contribution >= 0.6 is 0 Å². The van der Waals surface area contributed by atoms with Crippen molar-refractivity contribution >= 4 is 6.09 Å². The van der Waals surface area contributed by atoms with E-state index in [1.165, 1.54) is 5.56 Å². The topological polar surface area (TPSA) is 41.6 Å². The Bertz CT molecular complexity index is 783. The van der Waals surface area contributed by atoms with Crippen LogP contribution in [0.4, 0.5) is 4.79 Å². The van der Waals surface area contributed by atoms with E-state index in [1.54, 1.807) is 0 Å². The SMILES string of the molecule is C=CCN1C[C@@H](c2ccccc2)[C@@H]1[C@@H](NC(=O)OC(C)(C)C)c1ccccc1. The van der Waals surface area contributed by atoms with Gasteiger partial charge >= 0.3 is 6.09 Å². The molecule has 0 aromatic heterocycles. The van der Waals surface area contributed by atoms with Crippen LogP contribution in [0, 0.1) is 0 Å². The number of nitrogens with zero attached hydrogens (tertiary/aromatic N) is 1. The van der Waals surface area contributed by atoms with Gasteiger partial charge in [-0.25, -0.2) is 4.79 Å². The highest BCUT2D eigenvalue weighted by Crippen LogP contribution is 2.41. The number of carbonyl (C=O) groups excluding carboxylic acids is 1. The van der Waals surface area contributed by atoms with Gasteiger partial charge in [-0.3, -0.25) is 4.90 Å². The number of alkyl carbamates (subject to hydrolysis) is 1. The number of hydrogen-bond acceptors (Lipinski definition) is 3. The molecule has 0 unspecified atom stereocenters. The second-order valence-corrected chi connectivity index (χ2v) is 8.28. The van der Waals surface area contributed by atoms with E-state index in [-0.39, 0.29) is 12.1 Å². The van der Waals surface area contributed by atoms with Gasteiger partial charge in [-0.15, -0.1) is 6.58 Å². The number of benzene rings is 2. The van der Waals surface area contributed by atoms with Gasteiger partial charge < -0.3 is 10.1 Å². The van der Waals surface area contributed by atoms with Crippen molar-refractivity contribution in [3.63, 3.8) is 0 Å². The lowest BCUT2D eigenvalue weighted by atomic mass is 9.76. The van der Waals surface area contributed by atoms with Crippen LogP contribution in [0.15, 0.2) is 73.3 Å². The molecular weight excluding hydrogens is 348 g/mol. The summed E-state index contributed by atoms with van der Waals surface area (Å²) in [5.74, 6) is 0.335. The molecule has 1 fully saturated rings. The van der Waals surface area contributed by atoms with E-state index < -0.39 is 11.7 Å². The molecule has 0 aliphatic carbocycles. The van der Waals surface area contributed by atoms with E-state index in [9.17, 15) is 4.79 Å². The number of rotatable bonds is 6. The highest BCUT2D eigenvalue weighted by molar-refractivity contribution is 5.68. The van der Waals surface area contributed by atoms with Crippen molar-refractivity contribution in [1.29, 1.82) is 0 Å². The van der Waals surface area contributed by atoms with E-state index in [0.717, 1.165) is 18.7 Å². The van der Waals surface area contributed by atoms with Crippen LogP contribution in [0.2, 0.25) is 0 Å². The minimum absolute atomic E-state index is 0.135. The fourth-order valence-corrected chi connectivity index (χ4v) is 3.87. The average Bonchev–Trinajstić information content (AvgIpc) is 2.64. The molecule has 4 heteroatoms. The van der Waals surface area contributed by atoms with Crippen molar-refractivity contribution in [3.05, 3.63) is 84.4 Å². The van der Waals surface area contributed by atoms with E-state index in [2.05, 4.69) is 53.2 Å². The maximum absolute atomic E-state index is 12.6. The predicted octanol–water partition coefficient (Wildman–Crippen LogP) is 4.91. The lowest BCUT2D eigenvalue weighted by Crippen LogP contribution is -2.60. The molecule has 0 radical (unpaired) electrons. The number of hydrogen-bond donors (Lipinski definition) is 1. The van der Waals surface area contributed by atoms with Gasteiger partial charge in [-0.1, -0.05) is 66.7 Å². The lowest BCUT2D eigenvalue weighted by molar-refractivity contribution is 0.0230. The van der Waals surface area contributed by atoms with Crippen molar-refractivity contribution in [2.45, 2.75) is 44.4 Å². The minimum Gasteiger partial charge on any atom is -0.444 e. The Morgan fingerprint density at radius 1 is 1.18 bits per heavy atom. The largest absolute Gasteiger partial charge is 0.444 e. The molecule has 1 aliphatic heterocycles. The summed E-state index contributed by atoms with van der Waals surface area (Å²) < 4.78 is 5.56. The van der Waals surface area contributed by atoms with Crippen molar-refractivity contribution in [2.24, 2.45) is 0 Å². The quantitative estimate of drug-likeness (QED) is 0.727. The molecule has 1 heterocycles. The highest BCUT2D eigenvalue weighted by Gasteiger charge is 2.45. The zero-order chi connectivity index (χ0) is 20.1. The Labute approximate surface area is 168 Å². The maximum atomic E-state index is 12.6. The molecule has 3 rings (SSSR count). The van der Waals surface area contributed by atoms with Crippen LogP contribution in [0.1, 0.15) is 43.9 Å². The molecule has 0 saturated carbocycles. The molecule has 0 bridgehead atoms. The molecule has 2 aromatic carbocycles. The Morgan fingerprint density at radius 2 is 1.79 bits per heavy atom. The van der Waals surface area contributed by atoms with Gasteiger partial charge in [0, 0.05) is 25.0 Å². The molecule has 1 saturated heterocycles. The number of ether oxygens (including phenoxy) is 1. The summed E-state index contributed by atoms with van der Waals surface area (Å²) in [7, 11) is 0. The zero-order valence-electron chi connectivity index (χ0n) is 17.0. The third-order valence-electron chi connectivity index (χ3n) is 5.03. The normalized spacial score (nSPS) is 20.7. The molecule has 1 aliphatic rings. The Kier molecular flexibility index (Phi) is 6.20. The van der Waals surface area contributed by atoms with Crippen molar-refractivity contribution < 1.29 is 9.53 Å². The molecule has 148 valence electrons. The first-order valence-corrected chi connectivity index (χ1v) is 9.83. The van der Waals surface area contributed by atoms with E-state index >= 15 is 0 Å². The Hall–Kier alpha value is -2.59. The lowest BCUT2D eigenvalue weighted by Gasteiger charge is -2.52. The Balaban J connectivity index is 1.91. The summed E-state index contributed by atoms with van der Waals surface area (Å²) in [6, 6.07) is 20.6. The zero-order valence-corrected chi connectivity index (χ0v) is 17.0. The van der Waals surface area contributed by atoms with Gasteiger partial charge in [-0.05, 0) is 31.9 Å². The van der Waals surface area contributed by atoms with Crippen LogP contribution in [0.5, 0.6) is 0 Å². The monoisotopic (exact) mass is 378 g/mol. The first-order chi connectivity index (χ1) is 13.4. The molecule has 2 aromatic rings. The van der Waals surface area contributed by atoms with Gasteiger partial charge in [-0.2, -0.15) is 0 Å². The van der Waals surface area contributed by atoms with Crippen LogP contribution in [0.25, 0.3) is 0 Å². The average molecular weight is 379 g/mol. The van der Waals surface area contributed by atoms with Gasteiger partial charge in [0.2, 0.25) is 0 Å². The molecular formula is C24H30N2O2. The number of carbonyl (C=O) groups is 1. The van der Waals surface area contributed by atoms with Gasteiger partial charge in [0.25, 0.3) is 0 Å². The molecule has 4 nitrogen and oxygen atoms in total. The highest BCUT2D eigenvalue weighted by atomic mass is 16.6. The van der Waals surface area contributed by atoms with E-state index in [0.29, 0.717) is 5.92 Å². The summed E-state index contributed by atoms with van der Waals surface area (Å²) in [4.78, 5) is 15.0. The van der Waals surface area contributed by atoms with Crippen LogP contribution < -0.4 is 5.32 Å². The fraction of sp³-hybridized carbons (Fsp3) is 0.375. The fourth-order valence-electron chi connectivity index (χ4n) is 3.87. The van der Waals surface area contributed by atoms with Crippen LogP contribution in [-0.2, 0) is 4.74 Å². The predicted molar refractivity (Wildman–Crippen MR) is 113 cm³/mol. The summed E-state index contributed by atoms with van der Waals surface area (Å²) in [6.07, 6.45) is 1.53. The van der Waals surface area contributed by atoms with Crippen LogP contribution in [-0.4, -0.2) is 35.7 Å². The molecule has 0 spiro atoms. The third-order valence-corrected chi connectivity index (χ3v) is 5.03. The van der Waals surface area contributed by atoms with Crippen molar-refractivity contribution in [2.75, 3.05) is 13.1 Å². The number of nitrogens with one attached hydrogen (secondary N) is 1. The maximum Gasteiger partial charge on any atom is 0.408 e. The van der Waals surface area contributed by atoms with Gasteiger partial charge in [0.1, 0.15) is 5.60 Å². The summed E-state index contributed by atoms with van der Waals surface area (Å²) >= 11 is 0. The van der Waals surface area contributed by atoms with Gasteiger partial charge in [0.05, 0.1) is 6.04 Å². The first kappa shape index (κ1) is 20.2. The second-order valence-electron chi connectivity index (χ2n) is 8.28. The van der Waals surface area contributed by atoms with Crippen LogP contribution in [0.3, 0.4) is 0 Å². The smallest absolute Gasteiger partial charge is 0.408 e. The van der Waals surface area contributed by atoms with Crippen molar-refractivity contribution in [3.8, 4) is 0 Å². The standard InChI is InChI=1S/C24H30N2O2/c1-5-16-26-17-20(18-12-8-6-9-13-18)22(26)21(19-14-10-7-11-15-19)25-23(27)28-24(2,3)4/h5-15,20-22H,1,16-17H2,2-4H3,(H,25,27)/t20-,21-,22+/m0/s1. The summed E-state index contributed by atoms with van der Waals surface area (Å²) in [6.45, 7) is 11.3. The Morgan fingerprint density at radius 3 is 2.36 bits per heavy atom. The van der Waals surface area contributed by atoms with E-state index in [4.69, 9.17) is 4.74 Å². The van der Waals surface area contributed by atoms with Gasteiger partial charge in [0.15, 0.2) is 0 Å². The minimum atomic E-state index is -0.537. The van der Waals surface area contributed by atoms with E-state index in [1.807, 2.05) is 51.1 Å². The summed E-state index contributed by atoms with van der Waals surface area (Å²) in [5.41, 5.74) is 1.83. The molecule has 1 amide bonds. The molecule has 28 heavy (non-hydrogen) atoms. The third kappa shape index (κ3) is 4.82. The second kappa shape index (κ2) is 8.61. The number of likely N-dealkylation sites (tertiary alicyclic amines) is 1. The first-order valence-electron chi connectivity index (χ1n) is 9.83. The number of amides is 1. The van der Waals surface area contributed by atoms with Crippen molar-refractivity contribution in [1.82, 2.24) is 10.2 Å². The summed E-state index contributed by atoms with van der Waals surface area (Å²) in [5, 5.41) is 3.14. The molecule has 3 atom stereocenters. The molecule has 1 N–H and O–H groups in total.